The Morgan fingerprint density at radius 2 is 1.35 bits per heavy atom. The summed E-state index contributed by atoms with van der Waals surface area (Å²) < 4.78 is 77.0. The molecule has 3 aromatic rings. The third-order valence-corrected chi connectivity index (χ3v) is 4.46. The van der Waals surface area contributed by atoms with Crippen LogP contribution in [-0.4, -0.2) is 15.7 Å². The van der Waals surface area contributed by atoms with E-state index in [0.717, 1.165) is 0 Å². The molecule has 1 aromatic carbocycles. The summed E-state index contributed by atoms with van der Waals surface area (Å²) in [4.78, 5) is 7.38. The molecule has 4 nitrogen and oxygen atoms in total. The Labute approximate surface area is 181 Å². The molecule has 162 valence electrons. The number of alkyl halides is 6. The van der Waals surface area contributed by atoms with E-state index in [1.165, 1.54) is 0 Å². The number of anilines is 1. The summed E-state index contributed by atoms with van der Waals surface area (Å²) in [6, 6.07) is 9.54. The van der Waals surface area contributed by atoms with Crippen LogP contribution in [0.5, 0.6) is 0 Å². The Bertz CT molecular complexity index is 1110. The molecule has 0 saturated heterocycles. The number of hydrogen-bond acceptors (Lipinski definition) is 4. The summed E-state index contributed by atoms with van der Waals surface area (Å²) in [6.45, 7) is 0. The van der Waals surface area contributed by atoms with E-state index < -0.39 is 23.5 Å². The van der Waals surface area contributed by atoms with Crippen LogP contribution in [-0.2, 0) is 12.4 Å². The van der Waals surface area contributed by atoms with E-state index in [9.17, 15) is 26.3 Å². The fourth-order valence-electron chi connectivity index (χ4n) is 2.40. The third kappa shape index (κ3) is 5.45. The predicted octanol–water partition coefficient (Wildman–Crippen LogP) is 6.69. The van der Waals surface area contributed by atoms with Gasteiger partial charge in [0.25, 0.3) is 0 Å². The van der Waals surface area contributed by atoms with Crippen LogP contribution in [0.2, 0.25) is 10.0 Å². The molecule has 2 aromatic heterocycles. The first-order chi connectivity index (χ1) is 14.5. The van der Waals surface area contributed by atoms with Crippen molar-refractivity contribution in [3.63, 3.8) is 0 Å². The number of nitrogens with zero attached hydrogens (tertiary/aromatic N) is 3. The maximum atomic E-state index is 12.9. The Morgan fingerprint density at radius 1 is 0.806 bits per heavy atom. The highest BCUT2D eigenvalue weighted by Gasteiger charge is 2.33. The molecule has 0 bridgehead atoms. The maximum Gasteiger partial charge on any atom is 0.417 e. The van der Waals surface area contributed by atoms with Crippen molar-refractivity contribution in [2.24, 2.45) is 5.10 Å². The minimum Gasteiger partial charge on any atom is -0.259 e. The molecule has 31 heavy (non-hydrogen) atoms. The Morgan fingerprint density at radius 3 is 1.87 bits per heavy atom. The van der Waals surface area contributed by atoms with E-state index in [2.05, 4.69) is 20.5 Å². The zero-order valence-electron chi connectivity index (χ0n) is 15.1. The van der Waals surface area contributed by atoms with Gasteiger partial charge in [0, 0.05) is 18.0 Å². The van der Waals surface area contributed by atoms with Crippen LogP contribution in [0, 0.1) is 0 Å². The maximum absolute atomic E-state index is 12.9. The standard InChI is InChI=1S/C19H10Cl2F6N4/c20-13-6-11(18(22,23)24)8-28-16(13)15(10-4-2-1-3-5-10)30-31-17-14(21)7-12(9-29-17)19(25,26)27/h1-9H,(H,29,31)/b30-15-. The van der Waals surface area contributed by atoms with E-state index in [1.807, 2.05) is 0 Å². The minimum atomic E-state index is -4.64. The van der Waals surface area contributed by atoms with Gasteiger partial charge < -0.3 is 0 Å². The lowest BCUT2D eigenvalue weighted by Crippen LogP contribution is -2.13. The number of benzene rings is 1. The summed E-state index contributed by atoms with van der Waals surface area (Å²) in [5.41, 5.74) is 0.679. The van der Waals surface area contributed by atoms with Gasteiger partial charge in [0.15, 0.2) is 5.82 Å². The average Bonchev–Trinajstić information content (AvgIpc) is 2.69. The van der Waals surface area contributed by atoms with Crippen molar-refractivity contribution in [3.8, 4) is 0 Å². The van der Waals surface area contributed by atoms with Gasteiger partial charge in [-0.2, -0.15) is 31.4 Å². The van der Waals surface area contributed by atoms with Gasteiger partial charge in [0.1, 0.15) is 11.4 Å². The van der Waals surface area contributed by atoms with Gasteiger partial charge >= 0.3 is 12.4 Å². The molecule has 0 spiro atoms. The Balaban J connectivity index is 2.03. The average molecular weight is 479 g/mol. The zero-order valence-corrected chi connectivity index (χ0v) is 16.6. The number of aromatic nitrogens is 2. The molecular weight excluding hydrogens is 469 g/mol. The van der Waals surface area contributed by atoms with Gasteiger partial charge in [-0.05, 0) is 12.1 Å². The predicted molar refractivity (Wildman–Crippen MR) is 104 cm³/mol. The van der Waals surface area contributed by atoms with Crippen LogP contribution in [0.15, 0.2) is 60.0 Å². The van der Waals surface area contributed by atoms with Gasteiger partial charge in [-0.3, -0.25) is 10.4 Å². The lowest BCUT2D eigenvalue weighted by molar-refractivity contribution is -0.138. The second-order valence-corrected chi connectivity index (χ2v) is 6.86. The van der Waals surface area contributed by atoms with Crippen LogP contribution in [0.3, 0.4) is 0 Å². The topological polar surface area (TPSA) is 50.2 Å². The molecule has 0 aliphatic carbocycles. The SMILES string of the molecule is FC(F)(F)c1cnc(N/N=C(/c2ccccc2)c2ncc(C(F)(F)F)cc2Cl)c(Cl)c1. The van der Waals surface area contributed by atoms with Crippen molar-refractivity contribution >= 4 is 34.7 Å². The van der Waals surface area contributed by atoms with Crippen molar-refractivity contribution in [3.05, 3.63) is 87.3 Å². The normalized spacial score (nSPS) is 12.7. The van der Waals surface area contributed by atoms with Crippen LogP contribution in [0.25, 0.3) is 0 Å². The molecule has 0 saturated carbocycles. The quantitative estimate of drug-likeness (QED) is 0.258. The van der Waals surface area contributed by atoms with Crippen molar-refractivity contribution in [2.75, 3.05) is 5.43 Å². The number of nitrogens with one attached hydrogen (secondary N) is 1. The van der Waals surface area contributed by atoms with Gasteiger partial charge in [-0.25, -0.2) is 4.98 Å². The van der Waals surface area contributed by atoms with E-state index in [1.54, 1.807) is 30.3 Å². The largest absolute Gasteiger partial charge is 0.417 e. The van der Waals surface area contributed by atoms with E-state index in [-0.39, 0.29) is 27.3 Å². The second kappa shape index (κ2) is 8.72. The van der Waals surface area contributed by atoms with E-state index >= 15 is 0 Å². The molecule has 0 aliphatic heterocycles. The van der Waals surface area contributed by atoms with Crippen LogP contribution >= 0.6 is 23.2 Å². The molecule has 0 atom stereocenters. The van der Waals surface area contributed by atoms with Crippen molar-refractivity contribution in [2.45, 2.75) is 12.4 Å². The number of halogens is 8. The summed E-state index contributed by atoms with van der Waals surface area (Å²) >= 11 is 11.9. The summed E-state index contributed by atoms with van der Waals surface area (Å²) in [7, 11) is 0. The summed E-state index contributed by atoms with van der Waals surface area (Å²) in [5, 5.41) is 3.36. The highest BCUT2D eigenvalue weighted by molar-refractivity contribution is 6.35. The number of hydrazone groups is 1. The molecule has 0 amide bonds. The van der Waals surface area contributed by atoms with Crippen molar-refractivity contribution in [1.82, 2.24) is 9.97 Å². The Kier molecular flexibility index (Phi) is 6.42. The smallest absolute Gasteiger partial charge is 0.259 e. The van der Waals surface area contributed by atoms with E-state index in [4.69, 9.17) is 23.2 Å². The van der Waals surface area contributed by atoms with Crippen LogP contribution < -0.4 is 5.43 Å². The lowest BCUT2D eigenvalue weighted by atomic mass is 10.1. The van der Waals surface area contributed by atoms with Gasteiger partial charge in [-0.15, -0.1) is 0 Å². The first-order valence-corrected chi connectivity index (χ1v) is 9.07. The molecule has 0 unspecified atom stereocenters. The molecular formula is C19H10Cl2F6N4. The van der Waals surface area contributed by atoms with E-state index in [0.29, 0.717) is 30.1 Å². The highest BCUT2D eigenvalue weighted by Crippen LogP contribution is 2.33. The summed E-state index contributed by atoms with van der Waals surface area (Å²) in [6.07, 6.45) is -8.11. The molecule has 2 heterocycles. The molecule has 12 heteroatoms. The first-order valence-electron chi connectivity index (χ1n) is 8.32. The van der Waals surface area contributed by atoms with Crippen LogP contribution in [0.4, 0.5) is 32.2 Å². The molecule has 1 N–H and O–H groups in total. The van der Waals surface area contributed by atoms with Crippen molar-refractivity contribution < 1.29 is 26.3 Å². The number of pyridine rings is 2. The monoisotopic (exact) mass is 478 g/mol. The van der Waals surface area contributed by atoms with Gasteiger partial charge in [0.2, 0.25) is 0 Å². The fraction of sp³-hybridized carbons (Fsp3) is 0.105. The molecule has 0 radical (unpaired) electrons. The fourth-order valence-corrected chi connectivity index (χ4v) is 2.87. The number of hydrogen-bond donors (Lipinski definition) is 1. The Hall–Kier alpha value is -2.85. The summed E-state index contributed by atoms with van der Waals surface area (Å²) in [5.74, 6) is -0.203. The van der Waals surface area contributed by atoms with Gasteiger partial charge in [0.05, 0.1) is 21.2 Å². The molecule has 0 aliphatic rings. The highest BCUT2D eigenvalue weighted by atomic mass is 35.5. The number of rotatable bonds is 4. The van der Waals surface area contributed by atoms with Crippen molar-refractivity contribution in [1.29, 1.82) is 0 Å². The first kappa shape index (κ1) is 22.8. The zero-order chi connectivity index (χ0) is 22.8. The minimum absolute atomic E-state index is 0.0251. The lowest BCUT2D eigenvalue weighted by Gasteiger charge is -2.12. The van der Waals surface area contributed by atoms with Crippen LogP contribution in [0.1, 0.15) is 22.4 Å². The van der Waals surface area contributed by atoms with Gasteiger partial charge in [-0.1, -0.05) is 53.5 Å². The molecule has 3 rings (SSSR count). The third-order valence-electron chi connectivity index (χ3n) is 3.88. The second-order valence-electron chi connectivity index (χ2n) is 6.04. The molecule has 0 fully saturated rings.